The zero-order chi connectivity index (χ0) is 14.3. The molecule has 1 aromatic heterocycles. The third-order valence-corrected chi connectivity index (χ3v) is 4.04. The molecule has 0 amide bonds. The van der Waals surface area contributed by atoms with Crippen LogP contribution in [0.25, 0.3) is 5.69 Å². The smallest absolute Gasteiger partial charge is 0.258 e. The van der Waals surface area contributed by atoms with E-state index in [1.807, 2.05) is 0 Å². The monoisotopic (exact) mass is 292 g/mol. The van der Waals surface area contributed by atoms with Crippen LogP contribution in [-0.2, 0) is 11.5 Å². The van der Waals surface area contributed by atoms with Crippen LogP contribution < -0.4 is 0 Å². The van der Waals surface area contributed by atoms with Gasteiger partial charge in [-0.15, -0.1) is 0 Å². The van der Waals surface area contributed by atoms with E-state index in [4.69, 9.17) is 0 Å². The average Bonchev–Trinajstić information content (AvgIpc) is 3.00. The summed E-state index contributed by atoms with van der Waals surface area (Å²) in [5.41, 5.74) is 1.58. The van der Waals surface area contributed by atoms with Crippen molar-refractivity contribution in [3.63, 3.8) is 0 Å². The molecule has 0 radical (unpaired) electrons. The molecule has 1 aliphatic rings. The molecule has 1 aromatic carbocycles. The number of aromatic nitrogens is 2. The van der Waals surface area contributed by atoms with Gasteiger partial charge in [0.15, 0.2) is 0 Å². The quantitative estimate of drug-likeness (QED) is 0.635. The summed E-state index contributed by atoms with van der Waals surface area (Å²) in [6.45, 7) is 0. The van der Waals surface area contributed by atoms with E-state index in [0.717, 1.165) is 28.8 Å². The minimum atomic E-state index is -0.653. The van der Waals surface area contributed by atoms with Gasteiger partial charge in [-0.2, -0.15) is 16.9 Å². The molecule has 8 nitrogen and oxygen atoms in total. The highest BCUT2D eigenvalue weighted by Crippen LogP contribution is 2.34. The van der Waals surface area contributed by atoms with E-state index in [9.17, 15) is 20.2 Å². The Morgan fingerprint density at radius 1 is 1.20 bits per heavy atom. The summed E-state index contributed by atoms with van der Waals surface area (Å²) in [4.78, 5) is 20.6. The highest BCUT2D eigenvalue weighted by molar-refractivity contribution is 7.98. The first-order valence-electron chi connectivity index (χ1n) is 5.64. The lowest BCUT2D eigenvalue weighted by molar-refractivity contribution is -0.394. The maximum absolute atomic E-state index is 11.1. The van der Waals surface area contributed by atoms with Gasteiger partial charge in [0, 0.05) is 23.1 Å². The molecule has 0 N–H and O–H groups in total. The van der Waals surface area contributed by atoms with Gasteiger partial charge in [-0.05, 0) is 6.07 Å². The molecule has 0 fully saturated rings. The van der Waals surface area contributed by atoms with Crippen molar-refractivity contribution >= 4 is 23.1 Å². The predicted octanol–water partition coefficient (Wildman–Crippen LogP) is 2.44. The summed E-state index contributed by atoms with van der Waals surface area (Å²) in [5.74, 6) is 1.56. The molecule has 0 atom stereocenters. The molecule has 0 bridgehead atoms. The SMILES string of the molecule is O=[N+]([O-])c1ccc(-n2ncc3c2CSC3)c([N+](=O)[O-])c1. The molecule has 1 aliphatic heterocycles. The number of thioether (sulfide) groups is 1. The zero-order valence-electron chi connectivity index (χ0n) is 10.1. The number of hydrogen-bond donors (Lipinski definition) is 0. The minimum absolute atomic E-state index is 0.254. The third-order valence-electron chi connectivity index (χ3n) is 3.05. The van der Waals surface area contributed by atoms with Crippen molar-refractivity contribution in [2.45, 2.75) is 11.5 Å². The molecule has 0 spiro atoms. The molecule has 102 valence electrons. The van der Waals surface area contributed by atoms with Gasteiger partial charge in [0.1, 0.15) is 5.69 Å². The lowest BCUT2D eigenvalue weighted by Gasteiger charge is -2.06. The molecule has 2 heterocycles. The molecular weight excluding hydrogens is 284 g/mol. The molecule has 0 saturated carbocycles. The highest BCUT2D eigenvalue weighted by Gasteiger charge is 2.25. The van der Waals surface area contributed by atoms with Crippen molar-refractivity contribution in [2.75, 3.05) is 0 Å². The number of nitro groups is 2. The Balaban J connectivity index is 2.18. The predicted molar refractivity (Wildman–Crippen MR) is 71.9 cm³/mol. The van der Waals surface area contributed by atoms with Gasteiger partial charge in [0.25, 0.3) is 5.69 Å². The third kappa shape index (κ3) is 1.92. The summed E-state index contributed by atoms with van der Waals surface area (Å²) in [7, 11) is 0. The molecule has 0 saturated heterocycles. The Kier molecular flexibility index (Phi) is 2.90. The Morgan fingerprint density at radius 3 is 2.70 bits per heavy atom. The van der Waals surface area contributed by atoms with E-state index in [2.05, 4.69) is 5.10 Å². The van der Waals surface area contributed by atoms with E-state index in [1.54, 1.807) is 18.0 Å². The van der Waals surface area contributed by atoms with Gasteiger partial charge in [-0.3, -0.25) is 20.2 Å². The van der Waals surface area contributed by atoms with Crippen LogP contribution in [0.4, 0.5) is 11.4 Å². The summed E-state index contributed by atoms with van der Waals surface area (Å²) in [5, 5.41) is 26.0. The Bertz CT molecular complexity index is 727. The Morgan fingerprint density at radius 2 is 2.00 bits per heavy atom. The van der Waals surface area contributed by atoms with Gasteiger partial charge in [0.2, 0.25) is 0 Å². The van der Waals surface area contributed by atoms with Crippen molar-refractivity contribution in [3.8, 4) is 5.69 Å². The van der Waals surface area contributed by atoms with Crippen LogP contribution in [0.15, 0.2) is 24.4 Å². The Hall–Kier alpha value is -2.42. The van der Waals surface area contributed by atoms with Gasteiger partial charge >= 0.3 is 5.69 Å². The first kappa shape index (κ1) is 12.6. The summed E-state index contributed by atoms with van der Waals surface area (Å²) in [6.07, 6.45) is 1.68. The number of nitrogens with zero attached hydrogens (tertiary/aromatic N) is 4. The second kappa shape index (κ2) is 4.60. The fraction of sp³-hybridized carbons (Fsp3) is 0.182. The Labute approximate surface area is 116 Å². The topological polar surface area (TPSA) is 104 Å². The number of nitro benzene ring substituents is 2. The van der Waals surface area contributed by atoms with E-state index in [1.165, 1.54) is 16.8 Å². The number of non-ortho nitro benzene ring substituents is 1. The van der Waals surface area contributed by atoms with Gasteiger partial charge < -0.3 is 0 Å². The van der Waals surface area contributed by atoms with Crippen molar-refractivity contribution in [3.05, 3.63) is 55.9 Å². The number of rotatable bonds is 3. The molecule has 0 unspecified atom stereocenters. The fourth-order valence-corrected chi connectivity index (χ4v) is 3.16. The molecular formula is C11H8N4O4S. The largest absolute Gasteiger partial charge is 0.301 e. The van der Waals surface area contributed by atoms with Crippen LogP contribution in [-0.4, -0.2) is 19.6 Å². The van der Waals surface area contributed by atoms with Crippen molar-refractivity contribution in [1.29, 1.82) is 0 Å². The number of fused-ring (bicyclic) bond motifs is 1. The van der Waals surface area contributed by atoms with Crippen LogP contribution in [0, 0.1) is 20.2 Å². The lowest BCUT2D eigenvalue weighted by atomic mass is 10.2. The van der Waals surface area contributed by atoms with Gasteiger partial charge in [-0.25, -0.2) is 4.68 Å². The van der Waals surface area contributed by atoms with E-state index >= 15 is 0 Å². The number of benzene rings is 1. The van der Waals surface area contributed by atoms with Gasteiger partial charge in [-0.1, -0.05) is 0 Å². The molecule has 20 heavy (non-hydrogen) atoms. The second-order valence-electron chi connectivity index (χ2n) is 4.21. The van der Waals surface area contributed by atoms with Crippen LogP contribution in [0.3, 0.4) is 0 Å². The van der Waals surface area contributed by atoms with E-state index < -0.39 is 9.85 Å². The van der Waals surface area contributed by atoms with E-state index in [-0.39, 0.29) is 17.1 Å². The minimum Gasteiger partial charge on any atom is -0.258 e. The molecule has 3 rings (SSSR count). The standard InChI is InChI=1S/C11H8N4O4S/c16-14(17)8-1-2-9(10(3-8)15(18)19)13-11-6-20-5-7(11)4-12-13/h1-4H,5-6H2. The number of hydrogen-bond acceptors (Lipinski definition) is 6. The van der Waals surface area contributed by atoms with Crippen molar-refractivity contribution < 1.29 is 9.85 Å². The normalized spacial score (nSPS) is 13.2. The second-order valence-corrected chi connectivity index (χ2v) is 5.19. The van der Waals surface area contributed by atoms with Crippen molar-refractivity contribution in [1.82, 2.24) is 9.78 Å². The van der Waals surface area contributed by atoms with Crippen LogP contribution in [0.5, 0.6) is 0 Å². The highest BCUT2D eigenvalue weighted by atomic mass is 32.2. The van der Waals surface area contributed by atoms with Gasteiger partial charge in [0.05, 0.1) is 27.8 Å². The van der Waals surface area contributed by atoms with Crippen LogP contribution >= 0.6 is 11.8 Å². The first-order valence-corrected chi connectivity index (χ1v) is 6.80. The van der Waals surface area contributed by atoms with Crippen molar-refractivity contribution in [2.24, 2.45) is 0 Å². The molecule has 0 aliphatic carbocycles. The average molecular weight is 292 g/mol. The summed E-state index contributed by atoms with van der Waals surface area (Å²) in [6, 6.07) is 3.58. The maximum Gasteiger partial charge on any atom is 0.301 e. The van der Waals surface area contributed by atoms with Crippen LogP contribution in [0.2, 0.25) is 0 Å². The molecule has 9 heteroatoms. The fourth-order valence-electron chi connectivity index (χ4n) is 2.10. The lowest BCUT2D eigenvalue weighted by Crippen LogP contribution is -2.05. The van der Waals surface area contributed by atoms with E-state index in [0.29, 0.717) is 0 Å². The summed E-state index contributed by atoms with van der Waals surface area (Å²) >= 11 is 1.70. The van der Waals surface area contributed by atoms with Crippen LogP contribution in [0.1, 0.15) is 11.3 Å². The maximum atomic E-state index is 11.1. The zero-order valence-corrected chi connectivity index (χ0v) is 10.9. The summed E-state index contributed by atoms with van der Waals surface area (Å²) < 4.78 is 1.50. The first-order chi connectivity index (χ1) is 9.58. The molecule has 2 aromatic rings.